The van der Waals surface area contributed by atoms with Gasteiger partial charge in [-0.25, -0.2) is 4.39 Å². The quantitative estimate of drug-likeness (QED) is 0.860. The van der Waals surface area contributed by atoms with Crippen molar-refractivity contribution in [1.82, 2.24) is 5.32 Å². The molecule has 1 amide bonds. The number of ether oxygens (including phenoxy) is 1. The van der Waals surface area contributed by atoms with Crippen LogP contribution >= 0.6 is 0 Å². The summed E-state index contributed by atoms with van der Waals surface area (Å²) >= 11 is 0. The van der Waals surface area contributed by atoms with Crippen LogP contribution < -0.4 is 10.6 Å². The van der Waals surface area contributed by atoms with Crippen molar-refractivity contribution in [2.24, 2.45) is 0 Å². The van der Waals surface area contributed by atoms with Crippen LogP contribution in [0.3, 0.4) is 0 Å². The van der Waals surface area contributed by atoms with E-state index in [0.29, 0.717) is 23.5 Å². The van der Waals surface area contributed by atoms with Gasteiger partial charge in [0.2, 0.25) is 0 Å². The predicted molar refractivity (Wildman–Crippen MR) is 84.9 cm³/mol. The van der Waals surface area contributed by atoms with Crippen LogP contribution in [0.15, 0.2) is 48.5 Å². The van der Waals surface area contributed by atoms with Crippen LogP contribution in [0.4, 0.5) is 15.8 Å². The van der Waals surface area contributed by atoms with E-state index in [-0.39, 0.29) is 17.8 Å². The average Bonchev–Trinajstić information content (AvgIpc) is 2.50. The number of nitrogens with one attached hydrogen (secondary N) is 2. The zero-order chi connectivity index (χ0) is 15.9. The number of carbonyl (C=O) groups is 1. The number of benzene rings is 2. The summed E-state index contributed by atoms with van der Waals surface area (Å²) in [7, 11) is 1.59. The molecule has 1 unspecified atom stereocenters. The first-order chi connectivity index (χ1) is 10.6. The van der Waals surface area contributed by atoms with Crippen molar-refractivity contribution in [1.29, 1.82) is 0 Å². The van der Waals surface area contributed by atoms with Crippen LogP contribution in [-0.4, -0.2) is 25.7 Å². The standard InChI is InChI=1S/C17H19FN2O2/c1-12(11-22-2)19-17(21)15-5-3-4-6-16(15)20-14-9-7-13(18)8-10-14/h3-10,12,20H,11H2,1-2H3,(H,19,21). The van der Waals surface area contributed by atoms with E-state index >= 15 is 0 Å². The monoisotopic (exact) mass is 302 g/mol. The second-order valence-electron chi connectivity index (χ2n) is 5.01. The van der Waals surface area contributed by atoms with E-state index in [9.17, 15) is 9.18 Å². The Morgan fingerprint density at radius 2 is 1.86 bits per heavy atom. The lowest BCUT2D eigenvalue weighted by molar-refractivity contribution is 0.0906. The maximum atomic E-state index is 12.9. The molecule has 0 aliphatic heterocycles. The van der Waals surface area contributed by atoms with Gasteiger partial charge in [0.05, 0.1) is 17.9 Å². The van der Waals surface area contributed by atoms with Crippen molar-refractivity contribution in [3.05, 3.63) is 59.9 Å². The highest BCUT2D eigenvalue weighted by Gasteiger charge is 2.13. The first-order valence-corrected chi connectivity index (χ1v) is 7.01. The minimum absolute atomic E-state index is 0.0867. The molecule has 0 aliphatic rings. The molecule has 4 nitrogen and oxygen atoms in total. The van der Waals surface area contributed by atoms with Crippen LogP contribution in [0.1, 0.15) is 17.3 Å². The molecular formula is C17H19FN2O2. The molecule has 0 fully saturated rings. The zero-order valence-electron chi connectivity index (χ0n) is 12.6. The molecule has 0 heterocycles. The number of hydrogen-bond donors (Lipinski definition) is 2. The van der Waals surface area contributed by atoms with E-state index in [1.165, 1.54) is 12.1 Å². The summed E-state index contributed by atoms with van der Waals surface area (Å²) in [4.78, 5) is 12.3. The molecule has 0 saturated heterocycles. The summed E-state index contributed by atoms with van der Waals surface area (Å²) in [6.07, 6.45) is 0. The van der Waals surface area contributed by atoms with Gasteiger partial charge in [0.1, 0.15) is 5.82 Å². The number of amides is 1. The summed E-state index contributed by atoms with van der Waals surface area (Å²) in [5.41, 5.74) is 1.90. The third-order valence-electron chi connectivity index (χ3n) is 3.09. The highest BCUT2D eigenvalue weighted by molar-refractivity contribution is 6.00. The number of carbonyl (C=O) groups excluding carboxylic acids is 1. The molecule has 0 saturated carbocycles. The fraction of sp³-hybridized carbons (Fsp3) is 0.235. The van der Waals surface area contributed by atoms with Gasteiger partial charge in [0.15, 0.2) is 0 Å². The molecule has 0 spiro atoms. The maximum Gasteiger partial charge on any atom is 0.253 e. The molecular weight excluding hydrogens is 283 g/mol. The Labute approximate surface area is 129 Å². The highest BCUT2D eigenvalue weighted by atomic mass is 19.1. The summed E-state index contributed by atoms with van der Waals surface area (Å²) < 4.78 is 18.0. The van der Waals surface area contributed by atoms with E-state index in [1.807, 2.05) is 13.0 Å². The van der Waals surface area contributed by atoms with Gasteiger partial charge in [0, 0.05) is 18.8 Å². The summed E-state index contributed by atoms with van der Waals surface area (Å²) in [6, 6.07) is 13.1. The lowest BCUT2D eigenvalue weighted by Gasteiger charge is -2.15. The first-order valence-electron chi connectivity index (χ1n) is 7.01. The molecule has 2 aromatic carbocycles. The molecule has 0 aliphatic carbocycles. The van der Waals surface area contributed by atoms with E-state index in [2.05, 4.69) is 10.6 Å². The Kier molecular flexibility index (Phi) is 5.49. The van der Waals surface area contributed by atoms with Crippen molar-refractivity contribution in [2.75, 3.05) is 19.0 Å². The smallest absolute Gasteiger partial charge is 0.253 e. The number of rotatable bonds is 6. The summed E-state index contributed by atoms with van der Waals surface area (Å²) in [5, 5.41) is 6.00. The molecule has 0 radical (unpaired) electrons. The van der Waals surface area contributed by atoms with Gasteiger partial charge < -0.3 is 15.4 Å². The number of methoxy groups -OCH3 is 1. The summed E-state index contributed by atoms with van der Waals surface area (Å²) in [6.45, 7) is 2.32. The van der Waals surface area contributed by atoms with Gasteiger partial charge in [-0.15, -0.1) is 0 Å². The highest BCUT2D eigenvalue weighted by Crippen LogP contribution is 2.21. The molecule has 2 rings (SSSR count). The molecule has 0 bridgehead atoms. The van der Waals surface area contributed by atoms with Crippen molar-refractivity contribution in [2.45, 2.75) is 13.0 Å². The molecule has 2 aromatic rings. The summed E-state index contributed by atoms with van der Waals surface area (Å²) in [5.74, 6) is -0.486. The van der Waals surface area contributed by atoms with Crippen molar-refractivity contribution in [3.8, 4) is 0 Å². The molecule has 0 aromatic heterocycles. The van der Waals surface area contributed by atoms with Crippen LogP contribution in [0.25, 0.3) is 0 Å². The van der Waals surface area contributed by atoms with E-state index < -0.39 is 0 Å². The Hall–Kier alpha value is -2.40. The van der Waals surface area contributed by atoms with Crippen LogP contribution in [-0.2, 0) is 4.74 Å². The van der Waals surface area contributed by atoms with Gasteiger partial charge in [0.25, 0.3) is 5.91 Å². The SMILES string of the molecule is COCC(C)NC(=O)c1ccccc1Nc1ccc(F)cc1. The average molecular weight is 302 g/mol. The van der Waals surface area contributed by atoms with E-state index in [4.69, 9.17) is 4.74 Å². The minimum Gasteiger partial charge on any atom is -0.383 e. The molecule has 22 heavy (non-hydrogen) atoms. The van der Waals surface area contributed by atoms with Crippen molar-refractivity contribution in [3.63, 3.8) is 0 Å². The van der Waals surface area contributed by atoms with Gasteiger partial charge in [-0.2, -0.15) is 0 Å². The number of halogens is 1. The molecule has 2 N–H and O–H groups in total. The van der Waals surface area contributed by atoms with Gasteiger partial charge >= 0.3 is 0 Å². The van der Waals surface area contributed by atoms with E-state index in [0.717, 1.165) is 0 Å². The van der Waals surface area contributed by atoms with Gasteiger partial charge in [-0.3, -0.25) is 4.79 Å². The van der Waals surface area contributed by atoms with Gasteiger partial charge in [-0.05, 0) is 43.3 Å². The molecule has 1 atom stereocenters. The molecule has 116 valence electrons. The van der Waals surface area contributed by atoms with Crippen molar-refractivity contribution < 1.29 is 13.9 Å². The Bertz CT molecular complexity index is 629. The zero-order valence-corrected chi connectivity index (χ0v) is 12.6. The van der Waals surface area contributed by atoms with Crippen molar-refractivity contribution >= 4 is 17.3 Å². The number of hydrogen-bond acceptors (Lipinski definition) is 3. The van der Waals surface area contributed by atoms with Crippen LogP contribution in [0.5, 0.6) is 0 Å². The third-order valence-corrected chi connectivity index (χ3v) is 3.09. The number of para-hydroxylation sites is 1. The largest absolute Gasteiger partial charge is 0.383 e. The lowest BCUT2D eigenvalue weighted by Crippen LogP contribution is -2.35. The Morgan fingerprint density at radius 1 is 1.18 bits per heavy atom. The fourth-order valence-corrected chi connectivity index (χ4v) is 2.07. The van der Waals surface area contributed by atoms with E-state index in [1.54, 1.807) is 37.4 Å². The lowest BCUT2D eigenvalue weighted by atomic mass is 10.1. The van der Waals surface area contributed by atoms with Crippen LogP contribution in [0.2, 0.25) is 0 Å². The fourth-order valence-electron chi connectivity index (χ4n) is 2.07. The normalized spacial score (nSPS) is 11.8. The predicted octanol–water partition coefficient (Wildman–Crippen LogP) is 3.33. The second kappa shape index (κ2) is 7.56. The Balaban J connectivity index is 2.15. The second-order valence-corrected chi connectivity index (χ2v) is 5.01. The Morgan fingerprint density at radius 3 is 2.55 bits per heavy atom. The molecule has 5 heteroatoms. The topological polar surface area (TPSA) is 50.4 Å². The van der Waals surface area contributed by atoms with Crippen LogP contribution in [0, 0.1) is 5.82 Å². The minimum atomic E-state index is -0.301. The maximum absolute atomic E-state index is 12.9. The number of anilines is 2. The third kappa shape index (κ3) is 4.30. The first kappa shape index (κ1) is 16.0. The van der Waals surface area contributed by atoms with Gasteiger partial charge in [-0.1, -0.05) is 12.1 Å².